The first kappa shape index (κ1) is 16.2. The fourth-order valence-electron chi connectivity index (χ4n) is 3.15. The molecule has 0 bridgehead atoms. The number of carbonyl (C=O) groups excluding carboxylic acids is 2. The quantitative estimate of drug-likeness (QED) is 0.861. The van der Waals surface area contributed by atoms with Gasteiger partial charge in [-0.15, -0.1) is 0 Å². The van der Waals surface area contributed by atoms with E-state index in [9.17, 15) is 9.59 Å². The Morgan fingerprint density at radius 1 is 1.12 bits per heavy atom. The van der Waals surface area contributed by atoms with Crippen molar-refractivity contribution in [1.29, 1.82) is 0 Å². The minimum Gasteiger partial charge on any atom is -0.334 e. The second-order valence-corrected chi connectivity index (χ2v) is 5.99. The van der Waals surface area contributed by atoms with E-state index < -0.39 is 0 Å². The Morgan fingerprint density at radius 3 is 2.50 bits per heavy atom. The van der Waals surface area contributed by atoms with E-state index in [0.717, 1.165) is 17.5 Å². The molecular weight excluding hydrogens is 302 g/mol. The fraction of sp³-hybridized carbons (Fsp3) is 0.316. The van der Waals surface area contributed by atoms with Crippen molar-refractivity contribution in [1.82, 2.24) is 15.2 Å². The van der Waals surface area contributed by atoms with Crippen LogP contribution in [0.5, 0.6) is 0 Å². The molecule has 1 N–H and O–H groups in total. The zero-order chi connectivity index (χ0) is 16.9. The lowest BCUT2D eigenvalue weighted by atomic mass is 9.81. The van der Waals surface area contributed by atoms with Crippen molar-refractivity contribution in [3.63, 3.8) is 0 Å². The largest absolute Gasteiger partial charge is 0.334 e. The average molecular weight is 323 g/mol. The molecule has 1 fully saturated rings. The normalized spacial score (nSPS) is 19.7. The van der Waals surface area contributed by atoms with Crippen molar-refractivity contribution >= 4 is 11.9 Å². The number of β-lactam (4-membered cyclic amide) rings is 1. The lowest BCUT2D eigenvalue weighted by Gasteiger charge is -2.45. The number of hydrogen-bond acceptors (Lipinski definition) is 3. The number of benzene rings is 1. The maximum atomic E-state index is 12.4. The van der Waals surface area contributed by atoms with Gasteiger partial charge >= 0.3 is 6.03 Å². The Bertz CT molecular complexity index is 703. The minimum absolute atomic E-state index is 0.0673. The molecule has 2 atom stereocenters. The van der Waals surface area contributed by atoms with E-state index in [-0.39, 0.29) is 23.9 Å². The first-order chi connectivity index (χ1) is 11.7. The zero-order valence-corrected chi connectivity index (χ0v) is 13.7. The Hall–Kier alpha value is -2.69. The molecule has 1 aromatic heterocycles. The van der Waals surface area contributed by atoms with Gasteiger partial charge in [0, 0.05) is 18.9 Å². The lowest BCUT2D eigenvalue weighted by Crippen LogP contribution is -2.65. The van der Waals surface area contributed by atoms with E-state index in [1.165, 1.54) is 4.90 Å². The number of nitrogens with one attached hydrogen (secondary N) is 1. The molecular formula is C19H21N3O2. The number of hydrogen-bond donors (Lipinski definition) is 1. The van der Waals surface area contributed by atoms with Crippen molar-refractivity contribution in [3.05, 3.63) is 66.0 Å². The molecule has 24 heavy (non-hydrogen) atoms. The van der Waals surface area contributed by atoms with Crippen LogP contribution < -0.4 is 5.32 Å². The molecule has 0 saturated carbocycles. The van der Waals surface area contributed by atoms with Crippen LogP contribution >= 0.6 is 0 Å². The van der Waals surface area contributed by atoms with Gasteiger partial charge in [0.15, 0.2) is 0 Å². The summed E-state index contributed by atoms with van der Waals surface area (Å²) in [5.74, 6) is -0.150. The molecule has 3 amide bonds. The molecule has 1 aliphatic rings. The fourth-order valence-corrected chi connectivity index (χ4v) is 3.15. The number of nitrogens with zero attached hydrogens (tertiary/aromatic N) is 2. The molecule has 3 rings (SSSR count). The number of aromatic nitrogens is 1. The Morgan fingerprint density at radius 2 is 1.83 bits per heavy atom. The standard InChI is InChI=1S/C19H21N3O2/c1-2-16-17(12-14-6-4-3-5-7-14)22(18(16)23)19(24)21-13-15-8-10-20-11-9-15/h3-11,16-17H,2,12-13H2,1H3,(H,21,24)/t16-,17-/m1/s1. The van der Waals surface area contributed by atoms with Crippen LogP contribution in [-0.2, 0) is 17.8 Å². The van der Waals surface area contributed by atoms with E-state index in [1.54, 1.807) is 12.4 Å². The molecule has 0 radical (unpaired) electrons. The van der Waals surface area contributed by atoms with Crippen LogP contribution in [0.15, 0.2) is 54.9 Å². The summed E-state index contributed by atoms with van der Waals surface area (Å²) in [6, 6.07) is 13.3. The third-order valence-electron chi connectivity index (χ3n) is 4.49. The summed E-state index contributed by atoms with van der Waals surface area (Å²) in [5.41, 5.74) is 2.10. The van der Waals surface area contributed by atoms with Crippen molar-refractivity contribution < 1.29 is 9.59 Å². The molecule has 124 valence electrons. The van der Waals surface area contributed by atoms with E-state index >= 15 is 0 Å². The SMILES string of the molecule is CC[C@H]1C(=O)N(C(=O)NCc2ccncc2)[C@@H]1Cc1ccccc1. The number of urea groups is 1. The van der Waals surface area contributed by atoms with Gasteiger partial charge in [-0.25, -0.2) is 4.79 Å². The highest BCUT2D eigenvalue weighted by molar-refractivity contribution is 6.01. The number of carbonyl (C=O) groups is 2. The van der Waals surface area contributed by atoms with Crippen LogP contribution in [0.25, 0.3) is 0 Å². The lowest BCUT2D eigenvalue weighted by molar-refractivity contribution is -0.150. The van der Waals surface area contributed by atoms with Gasteiger partial charge in [-0.3, -0.25) is 14.7 Å². The second-order valence-electron chi connectivity index (χ2n) is 5.99. The summed E-state index contributed by atoms with van der Waals surface area (Å²) in [4.78, 5) is 30.1. The number of amides is 3. The summed E-state index contributed by atoms with van der Waals surface area (Å²) >= 11 is 0. The highest BCUT2D eigenvalue weighted by atomic mass is 16.2. The number of pyridine rings is 1. The Balaban J connectivity index is 1.65. The van der Waals surface area contributed by atoms with Crippen LogP contribution in [0, 0.1) is 5.92 Å². The second kappa shape index (κ2) is 7.25. The number of rotatable bonds is 5. The van der Waals surface area contributed by atoms with Crippen molar-refractivity contribution in [2.75, 3.05) is 0 Å². The van der Waals surface area contributed by atoms with Crippen LogP contribution in [0.4, 0.5) is 4.79 Å². The van der Waals surface area contributed by atoms with Gasteiger partial charge in [-0.2, -0.15) is 0 Å². The van der Waals surface area contributed by atoms with Gasteiger partial charge in [-0.1, -0.05) is 37.3 Å². The monoisotopic (exact) mass is 323 g/mol. The van der Waals surface area contributed by atoms with Crippen LogP contribution in [-0.4, -0.2) is 27.9 Å². The third-order valence-corrected chi connectivity index (χ3v) is 4.49. The van der Waals surface area contributed by atoms with E-state index in [2.05, 4.69) is 10.3 Å². The van der Waals surface area contributed by atoms with Gasteiger partial charge in [0.1, 0.15) is 0 Å². The maximum absolute atomic E-state index is 12.4. The van der Waals surface area contributed by atoms with Gasteiger partial charge in [0.2, 0.25) is 5.91 Å². The Kier molecular flexibility index (Phi) is 4.89. The van der Waals surface area contributed by atoms with Gasteiger partial charge in [-0.05, 0) is 36.1 Å². The molecule has 1 aliphatic heterocycles. The molecule has 1 aromatic carbocycles. The highest BCUT2D eigenvalue weighted by Crippen LogP contribution is 2.32. The summed E-state index contributed by atoms with van der Waals surface area (Å²) in [6.45, 7) is 2.38. The van der Waals surface area contributed by atoms with Crippen molar-refractivity contribution in [2.24, 2.45) is 5.92 Å². The minimum atomic E-state index is -0.317. The predicted octanol–water partition coefficient (Wildman–Crippen LogP) is 2.77. The molecule has 0 aliphatic carbocycles. The Labute approximate surface area is 141 Å². The van der Waals surface area contributed by atoms with Crippen molar-refractivity contribution in [3.8, 4) is 0 Å². The topological polar surface area (TPSA) is 62.3 Å². The smallest absolute Gasteiger partial charge is 0.324 e. The summed E-state index contributed by atoms with van der Waals surface area (Å²) in [5, 5.41) is 2.83. The summed E-state index contributed by atoms with van der Waals surface area (Å²) < 4.78 is 0. The molecule has 2 aromatic rings. The van der Waals surface area contributed by atoms with Crippen molar-refractivity contribution in [2.45, 2.75) is 32.4 Å². The predicted molar refractivity (Wildman–Crippen MR) is 91.0 cm³/mol. The van der Waals surface area contributed by atoms with Gasteiger partial charge in [0.05, 0.1) is 12.0 Å². The van der Waals surface area contributed by atoms with E-state index in [0.29, 0.717) is 13.0 Å². The van der Waals surface area contributed by atoms with E-state index in [1.807, 2.05) is 49.4 Å². The molecule has 0 unspecified atom stereocenters. The maximum Gasteiger partial charge on any atom is 0.324 e. The molecule has 1 saturated heterocycles. The number of likely N-dealkylation sites (tertiary alicyclic amines) is 1. The van der Waals surface area contributed by atoms with Crippen LogP contribution in [0.1, 0.15) is 24.5 Å². The van der Waals surface area contributed by atoms with Gasteiger partial charge < -0.3 is 5.32 Å². The number of imide groups is 1. The molecule has 0 spiro atoms. The summed E-state index contributed by atoms with van der Waals surface area (Å²) in [6.07, 6.45) is 4.82. The summed E-state index contributed by atoms with van der Waals surface area (Å²) in [7, 11) is 0. The highest BCUT2D eigenvalue weighted by Gasteiger charge is 2.49. The van der Waals surface area contributed by atoms with Gasteiger partial charge in [0.25, 0.3) is 0 Å². The van der Waals surface area contributed by atoms with Crippen LogP contribution in [0.3, 0.4) is 0 Å². The first-order valence-electron chi connectivity index (χ1n) is 8.24. The molecule has 5 nitrogen and oxygen atoms in total. The van der Waals surface area contributed by atoms with Crippen LogP contribution in [0.2, 0.25) is 0 Å². The van der Waals surface area contributed by atoms with E-state index in [4.69, 9.17) is 0 Å². The zero-order valence-electron chi connectivity index (χ0n) is 13.7. The third kappa shape index (κ3) is 3.30. The average Bonchev–Trinajstić information content (AvgIpc) is 2.62. The first-order valence-corrected chi connectivity index (χ1v) is 8.24. The molecule has 2 heterocycles. The molecule has 5 heteroatoms.